The Kier molecular flexibility index (Phi) is 4.70. The minimum Gasteiger partial charge on any atom is -0.505 e. The number of rotatable bonds is 4. The molecule has 0 saturated heterocycles. The molecule has 0 bridgehead atoms. The van der Waals surface area contributed by atoms with Crippen LogP contribution in [0.3, 0.4) is 0 Å². The number of hydrogen-bond donors (Lipinski definition) is 1. The molecule has 25 heavy (non-hydrogen) atoms. The van der Waals surface area contributed by atoms with Crippen LogP contribution in [0.1, 0.15) is 36.2 Å². The molecular weight excluding hydrogens is 312 g/mol. The van der Waals surface area contributed by atoms with Gasteiger partial charge in [-0.15, -0.1) is 0 Å². The van der Waals surface area contributed by atoms with Crippen LogP contribution in [-0.2, 0) is 0 Å². The molecule has 0 unspecified atom stereocenters. The van der Waals surface area contributed by atoms with E-state index in [1.807, 2.05) is 70.2 Å². The van der Waals surface area contributed by atoms with Crippen LogP contribution in [-0.4, -0.2) is 21.2 Å². The minimum absolute atomic E-state index is 0.0590. The molecule has 128 valence electrons. The smallest absolute Gasteiger partial charge is 0.220 e. The maximum atomic E-state index is 10.3. The number of nitrogens with zero attached hydrogens (tertiary/aromatic N) is 2. The Morgan fingerprint density at radius 3 is 2.64 bits per heavy atom. The van der Waals surface area contributed by atoms with Crippen LogP contribution < -0.4 is 4.74 Å². The van der Waals surface area contributed by atoms with Crippen LogP contribution >= 0.6 is 0 Å². The molecule has 0 spiro atoms. The van der Waals surface area contributed by atoms with Gasteiger partial charge in [0, 0.05) is 17.1 Å². The van der Waals surface area contributed by atoms with E-state index < -0.39 is 0 Å². The first-order chi connectivity index (χ1) is 12.0. The van der Waals surface area contributed by atoms with Crippen molar-refractivity contribution in [2.45, 2.75) is 33.8 Å². The van der Waals surface area contributed by atoms with E-state index in [9.17, 15) is 5.11 Å². The van der Waals surface area contributed by atoms with Gasteiger partial charge in [-0.05, 0) is 69.2 Å². The third-order valence-corrected chi connectivity index (χ3v) is 3.95. The second kappa shape index (κ2) is 6.93. The summed E-state index contributed by atoms with van der Waals surface area (Å²) >= 11 is 0. The molecule has 0 aliphatic heterocycles. The van der Waals surface area contributed by atoms with Gasteiger partial charge >= 0.3 is 0 Å². The van der Waals surface area contributed by atoms with Gasteiger partial charge in [-0.1, -0.05) is 12.1 Å². The van der Waals surface area contributed by atoms with E-state index >= 15 is 0 Å². The number of aryl methyl sites for hydroxylation is 2. The van der Waals surface area contributed by atoms with Crippen LogP contribution in [0.2, 0.25) is 0 Å². The van der Waals surface area contributed by atoms with Crippen molar-refractivity contribution in [1.82, 2.24) is 9.97 Å². The Bertz CT molecular complexity index is 946. The van der Waals surface area contributed by atoms with Crippen molar-refractivity contribution in [3.8, 4) is 11.6 Å². The lowest BCUT2D eigenvalue weighted by molar-refractivity contribution is 0.232. The van der Waals surface area contributed by atoms with Crippen molar-refractivity contribution in [2.24, 2.45) is 0 Å². The highest BCUT2D eigenvalue weighted by atomic mass is 16.5. The van der Waals surface area contributed by atoms with Gasteiger partial charge in [0.1, 0.15) is 11.3 Å². The monoisotopic (exact) mass is 334 g/mol. The molecule has 1 N–H and O–H groups in total. The van der Waals surface area contributed by atoms with E-state index in [1.54, 1.807) is 6.20 Å². The number of pyridine rings is 2. The molecule has 0 aliphatic rings. The molecule has 0 radical (unpaired) electrons. The number of ether oxygens (including phenoxy) is 1. The minimum atomic E-state index is 0.0590. The molecule has 3 aromatic rings. The number of aromatic nitrogens is 2. The molecule has 1 aromatic carbocycles. The quantitative estimate of drug-likeness (QED) is 0.736. The number of phenolic OH excluding ortho intramolecular Hbond substituents is 1. The molecule has 0 saturated carbocycles. The first-order valence-corrected chi connectivity index (χ1v) is 8.35. The zero-order valence-corrected chi connectivity index (χ0v) is 14.9. The normalized spacial score (nSPS) is 11.6. The predicted molar refractivity (Wildman–Crippen MR) is 102 cm³/mol. The second-order valence-corrected chi connectivity index (χ2v) is 6.39. The molecule has 3 rings (SSSR count). The van der Waals surface area contributed by atoms with Gasteiger partial charge in [-0.2, -0.15) is 0 Å². The molecule has 0 fully saturated rings. The maximum absolute atomic E-state index is 10.3. The predicted octanol–water partition coefficient (Wildman–Crippen LogP) is 4.91. The highest BCUT2D eigenvalue weighted by molar-refractivity contribution is 5.89. The zero-order chi connectivity index (χ0) is 18.0. The number of fused-ring (bicyclic) bond motifs is 1. The van der Waals surface area contributed by atoms with E-state index in [0.29, 0.717) is 11.4 Å². The highest BCUT2D eigenvalue weighted by Gasteiger charge is 2.09. The van der Waals surface area contributed by atoms with E-state index in [4.69, 9.17) is 4.74 Å². The largest absolute Gasteiger partial charge is 0.505 e. The molecule has 2 heterocycles. The van der Waals surface area contributed by atoms with Gasteiger partial charge in [0.25, 0.3) is 0 Å². The number of phenols is 1. The summed E-state index contributed by atoms with van der Waals surface area (Å²) in [5, 5.41) is 11.3. The van der Waals surface area contributed by atoms with Crippen molar-refractivity contribution >= 4 is 23.1 Å². The summed E-state index contributed by atoms with van der Waals surface area (Å²) in [5.74, 6) is 0.838. The standard InChI is InChI=1S/C21H22N2O2/c1-13(2)25-21-16(6-5-11-22-21)7-8-17-9-10-18-14(3)12-15(4)20(24)19(18)23-17/h5-13,24H,1-4H3/b8-7+. The van der Waals surface area contributed by atoms with E-state index in [1.165, 1.54) is 0 Å². The summed E-state index contributed by atoms with van der Waals surface area (Å²) in [4.78, 5) is 8.89. The van der Waals surface area contributed by atoms with Crippen LogP contribution in [0.15, 0.2) is 36.5 Å². The average molecular weight is 334 g/mol. The fourth-order valence-electron chi connectivity index (χ4n) is 2.75. The van der Waals surface area contributed by atoms with Crippen molar-refractivity contribution < 1.29 is 9.84 Å². The molecule has 0 amide bonds. The van der Waals surface area contributed by atoms with Gasteiger partial charge in [0.05, 0.1) is 11.8 Å². The molecule has 0 atom stereocenters. The lowest BCUT2D eigenvalue weighted by Gasteiger charge is -2.10. The van der Waals surface area contributed by atoms with E-state index in [0.717, 1.165) is 27.8 Å². The van der Waals surface area contributed by atoms with Crippen LogP contribution in [0.25, 0.3) is 23.1 Å². The Morgan fingerprint density at radius 2 is 1.88 bits per heavy atom. The number of aromatic hydroxyl groups is 1. The topological polar surface area (TPSA) is 55.2 Å². The fraction of sp³-hybridized carbons (Fsp3) is 0.238. The lowest BCUT2D eigenvalue weighted by Crippen LogP contribution is -2.07. The van der Waals surface area contributed by atoms with Gasteiger partial charge in [-0.25, -0.2) is 9.97 Å². The summed E-state index contributed by atoms with van der Waals surface area (Å²) in [7, 11) is 0. The summed E-state index contributed by atoms with van der Waals surface area (Å²) < 4.78 is 5.73. The summed E-state index contributed by atoms with van der Waals surface area (Å²) in [6.07, 6.45) is 5.61. The molecule has 4 heteroatoms. The van der Waals surface area contributed by atoms with Gasteiger partial charge in [0.15, 0.2) is 0 Å². The zero-order valence-electron chi connectivity index (χ0n) is 14.9. The van der Waals surface area contributed by atoms with Crippen molar-refractivity contribution in [3.05, 3.63) is 58.9 Å². The lowest BCUT2D eigenvalue weighted by atomic mass is 10.0. The van der Waals surface area contributed by atoms with Crippen LogP contribution in [0.5, 0.6) is 11.6 Å². The van der Waals surface area contributed by atoms with Crippen LogP contribution in [0, 0.1) is 13.8 Å². The Balaban J connectivity index is 1.99. The summed E-state index contributed by atoms with van der Waals surface area (Å²) in [6.45, 7) is 7.86. The van der Waals surface area contributed by atoms with Gasteiger partial charge in [-0.3, -0.25) is 0 Å². The van der Waals surface area contributed by atoms with E-state index in [2.05, 4.69) is 9.97 Å². The first kappa shape index (κ1) is 17.0. The van der Waals surface area contributed by atoms with Gasteiger partial charge < -0.3 is 9.84 Å². The summed E-state index contributed by atoms with van der Waals surface area (Å²) in [5.41, 5.74) is 4.23. The third-order valence-electron chi connectivity index (χ3n) is 3.95. The average Bonchev–Trinajstić information content (AvgIpc) is 2.58. The Hall–Kier alpha value is -2.88. The second-order valence-electron chi connectivity index (χ2n) is 6.39. The Labute approximate surface area is 147 Å². The SMILES string of the molecule is Cc1cc(C)c2ccc(/C=C/c3cccnc3OC(C)C)nc2c1O. The molecule has 4 nitrogen and oxygen atoms in total. The fourth-order valence-corrected chi connectivity index (χ4v) is 2.75. The van der Waals surface area contributed by atoms with Crippen LogP contribution in [0.4, 0.5) is 0 Å². The van der Waals surface area contributed by atoms with E-state index in [-0.39, 0.29) is 11.9 Å². The number of benzene rings is 1. The maximum Gasteiger partial charge on any atom is 0.220 e. The van der Waals surface area contributed by atoms with Crippen molar-refractivity contribution in [1.29, 1.82) is 0 Å². The van der Waals surface area contributed by atoms with Crippen molar-refractivity contribution in [2.75, 3.05) is 0 Å². The van der Waals surface area contributed by atoms with Gasteiger partial charge in [0.2, 0.25) is 5.88 Å². The summed E-state index contributed by atoms with van der Waals surface area (Å²) in [6, 6.07) is 9.73. The Morgan fingerprint density at radius 1 is 1.08 bits per heavy atom. The third kappa shape index (κ3) is 3.63. The molecule has 2 aromatic heterocycles. The highest BCUT2D eigenvalue weighted by Crippen LogP contribution is 2.30. The molecular formula is C21H22N2O2. The number of hydrogen-bond acceptors (Lipinski definition) is 4. The first-order valence-electron chi connectivity index (χ1n) is 8.35. The molecule has 0 aliphatic carbocycles. The van der Waals surface area contributed by atoms with Crippen molar-refractivity contribution in [3.63, 3.8) is 0 Å².